The molecule has 0 aromatic heterocycles. The van der Waals surface area contributed by atoms with Gasteiger partial charge in [0.05, 0.1) is 0 Å². The van der Waals surface area contributed by atoms with Gasteiger partial charge >= 0.3 is 5.97 Å². The minimum Gasteiger partial charge on any atom is -0.464 e. The second-order valence-corrected chi connectivity index (χ2v) is 7.53. The number of piperidine rings is 1. The van der Waals surface area contributed by atoms with Gasteiger partial charge in [-0.05, 0) is 32.0 Å². The molecule has 0 amide bonds. The Labute approximate surface area is 138 Å². The Hall–Kier alpha value is -1.39. The van der Waals surface area contributed by atoms with E-state index in [2.05, 4.69) is 41.1 Å². The topological polar surface area (TPSA) is 32.8 Å². The van der Waals surface area contributed by atoms with Crippen molar-refractivity contribution in [2.75, 3.05) is 39.8 Å². The molecular weight excluding hydrogens is 288 g/mol. The summed E-state index contributed by atoms with van der Waals surface area (Å²) in [6, 6.07) is 10.9. The number of esters is 1. The third-order valence-corrected chi connectivity index (χ3v) is 5.96. The molecule has 23 heavy (non-hydrogen) atoms. The first kappa shape index (κ1) is 15.2. The van der Waals surface area contributed by atoms with Gasteiger partial charge in [0, 0.05) is 31.6 Å². The number of carbonyl (C=O) groups is 1. The lowest BCUT2D eigenvalue weighted by atomic mass is 9.73. The largest absolute Gasteiger partial charge is 0.464 e. The highest BCUT2D eigenvalue weighted by atomic mass is 16.5. The van der Waals surface area contributed by atoms with Gasteiger partial charge in [0.25, 0.3) is 0 Å². The summed E-state index contributed by atoms with van der Waals surface area (Å²) in [6.07, 6.45) is 3.66. The second-order valence-electron chi connectivity index (χ2n) is 7.53. The molecule has 3 fully saturated rings. The van der Waals surface area contributed by atoms with Crippen molar-refractivity contribution in [3.05, 3.63) is 35.9 Å². The van der Waals surface area contributed by atoms with Crippen molar-refractivity contribution in [2.45, 2.75) is 31.2 Å². The van der Waals surface area contributed by atoms with E-state index < -0.39 is 5.41 Å². The predicted octanol–water partition coefficient (Wildman–Crippen LogP) is 2.11. The first-order valence-corrected chi connectivity index (χ1v) is 8.84. The van der Waals surface area contributed by atoms with Crippen LogP contribution in [-0.2, 0) is 9.53 Å². The average molecular weight is 314 g/mol. The number of cyclic esters (lactones) is 1. The van der Waals surface area contributed by atoms with Gasteiger partial charge in [0.2, 0.25) is 0 Å². The number of hydrogen-bond donors (Lipinski definition) is 0. The molecule has 3 unspecified atom stereocenters. The van der Waals surface area contributed by atoms with Crippen molar-refractivity contribution < 1.29 is 9.53 Å². The van der Waals surface area contributed by atoms with E-state index in [-0.39, 0.29) is 11.9 Å². The van der Waals surface area contributed by atoms with Gasteiger partial charge in [-0.1, -0.05) is 36.8 Å². The van der Waals surface area contributed by atoms with Crippen LogP contribution in [0.5, 0.6) is 0 Å². The van der Waals surface area contributed by atoms with Crippen LogP contribution < -0.4 is 0 Å². The number of benzene rings is 1. The normalized spacial score (nSPS) is 35.8. The fourth-order valence-corrected chi connectivity index (χ4v) is 4.82. The Morgan fingerprint density at radius 1 is 1.17 bits per heavy atom. The van der Waals surface area contributed by atoms with Crippen LogP contribution >= 0.6 is 0 Å². The maximum absolute atomic E-state index is 13.0. The van der Waals surface area contributed by atoms with Crippen LogP contribution in [0.1, 0.15) is 30.7 Å². The number of hydrogen-bond acceptors (Lipinski definition) is 4. The fourth-order valence-electron chi connectivity index (χ4n) is 4.82. The lowest BCUT2D eigenvalue weighted by Gasteiger charge is -2.38. The molecule has 0 bridgehead atoms. The van der Waals surface area contributed by atoms with E-state index in [1.165, 1.54) is 18.4 Å². The molecule has 3 aliphatic rings. The summed E-state index contributed by atoms with van der Waals surface area (Å²) in [4.78, 5) is 17.9. The van der Waals surface area contributed by atoms with E-state index in [1.54, 1.807) is 0 Å². The zero-order valence-electron chi connectivity index (χ0n) is 13.9. The maximum atomic E-state index is 13.0. The molecule has 1 spiro atoms. The fraction of sp³-hybridized carbons (Fsp3) is 0.632. The molecule has 3 aliphatic heterocycles. The van der Waals surface area contributed by atoms with Crippen LogP contribution in [0.2, 0.25) is 0 Å². The highest BCUT2D eigenvalue weighted by molar-refractivity contribution is 5.80. The lowest BCUT2D eigenvalue weighted by molar-refractivity contribution is -0.154. The maximum Gasteiger partial charge on any atom is 0.315 e. The Balaban J connectivity index is 1.71. The molecule has 0 aliphatic carbocycles. The van der Waals surface area contributed by atoms with Crippen LogP contribution in [-0.4, -0.2) is 61.6 Å². The van der Waals surface area contributed by atoms with Gasteiger partial charge in [0.15, 0.2) is 0 Å². The smallest absolute Gasteiger partial charge is 0.315 e. The molecule has 4 heteroatoms. The van der Waals surface area contributed by atoms with E-state index in [4.69, 9.17) is 4.74 Å². The number of likely N-dealkylation sites (N-methyl/N-ethyl adjacent to an activating group) is 1. The van der Waals surface area contributed by atoms with Gasteiger partial charge in [-0.15, -0.1) is 0 Å². The van der Waals surface area contributed by atoms with Crippen molar-refractivity contribution in [3.8, 4) is 0 Å². The highest BCUT2D eigenvalue weighted by Gasteiger charge is 2.55. The summed E-state index contributed by atoms with van der Waals surface area (Å²) < 4.78 is 5.80. The third-order valence-electron chi connectivity index (χ3n) is 5.96. The first-order valence-electron chi connectivity index (χ1n) is 8.84. The molecule has 1 aromatic rings. The summed E-state index contributed by atoms with van der Waals surface area (Å²) >= 11 is 0. The molecule has 4 nitrogen and oxygen atoms in total. The number of rotatable bonds is 1. The Morgan fingerprint density at radius 2 is 2.00 bits per heavy atom. The summed E-state index contributed by atoms with van der Waals surface area (Å²) in [6.45, 7) is 4.26. The second kappa shape index (κ2) is 5.91. The molecule has 3 heterocycles. The zero-order chi connectivity index (χ0) is 15.9. The minimum absolute atomic E-state index is 0.0186. The summed E-state index contributed by atoms with van der Waals surface area (Å²) in [5, 5.41) is 0. The number of carbonyl (C=O) groups excluding carboxylic acids is 1. The monoisotopic (exact) mass is 314 g/mol. The molecule has 0 radical (unpaired) electrons. The molecule has 3 atom stereocenters. The number of fused-ring (bicyclic) bond motifs is 1. The standard InChI is InChI=1S/C19H26N2O2/c1-20-11-17(15-7-3-2-4-8-15)19(13-20)14-21-10-6-5-9-16(21)12-23-18(19)22/h2-4,7-8,16-17H,5-6,9-14H2,1H3. The zero-order valence-corrected chi connectivity index (χ0v) is 13.9. The summed E-state index contributed by atoms with van der Waals surface area (Å²) in [5.41, 5.74) is 0.853. The molecule has 1 aromatic carbocycles. The van der Waals surface area contributed by atoms with Crippen molar-refractivity contribution in [1.29, 1.82) is 0 Å². The molecule has 3 saturated heterocycles. The van der Waals surface area contributed by atoms with Gasteiger partial charge < -0.3 is 9.64 Å². The first-order chi connectivity index (χ1) is 11.2. The molecule has 0 saturated carbocycles. The van der Waals surface area contributed by atoms with Crippen LogP contribution in [0.3, 0.4) is 0 Å². The Morgan fingerprint density at radius 3 is 2.83 bits per heavy atom. The van der Waals surface area contributed by atoms with Crippen molar-refractivity contribution in [1.82, 2.24) is 9.80 Å². The van der Waals surface area contributed by atoms with Crippen LogP contribution in [0, 0.1) is 5.41 Å². The van der Waals surface area contributed by atoms with Crippen LogP contribution in [0.4, 0.5) is 0 Å². The van der Waals surface area contributed by atoms with E-state index in [1.807, 2.05) is 6.07 Å². The molecule has 4 rings (SSSR count). The number of ether oxygens (including phenoxy) is 1. The molecular formula is C19H26N2O2. The van der Waals surface area contributed by atoms with Crippen molar-refractivity contribution in [3.63, 3.8) is 0 Å². The van der Waals surface area contributed by atoms with E-state index in [0.717, 1.165) is 32.6 Å². The Bertz CT molecular complexity index is 576. The number of nitrogens with zero attached hydrogens (tertiary/aromatic N) is 2. The van der Waals surface area contributed by atoms with Gasteiger partial charge in [-0.2, -0.15) is 0 Å². The predicted molar refractivity (Wildman–Crippen MR) is 89.3 cm³/mol. The highest BCUT2D eigenvalue weighted by Crippen LogP contribution is 2.46. The van der Waals surface area contributed by atoms with Crippen molar-refractivity contribution in [2.24, 2.45) is 5.41 Å². The third kappa shape index (κ3) is 2.58. The average Bonchev–Trinajstić information content (AvgIpc) is 2.84. The lowest BCUT2D eigenvalue weighted by Crippen LogP contribution is -2.49. The summed E-state index contributed by atoms with van der Waals surface area (Å²) in [7, 11) is 2.12. The quantitative estimate of drug-likeness (QED) is 0.743. The minimum atomic E-state index is -0.414. The molecule has 124 valence electrons. The van der Waals surface area contributed by atoms with Crippen LogP contribution in [0.25, 0.3) is 0 Å². The van der Waals surface area contributed by atoms with Crippen LogP contribution in [0.15, 0.2) is 30.3 Å². The van der Waals surface area contributed by atoms with Gasteiger partial charge in [-0.25, -0.2) is 0 Å². The Kier molecular flexibility index (Phi) is 3.90. The van der Waals surface area contributed by atoms with Crippen molar-refractivity contribution >= 4 is 5.97 Å². The summed E-state index contributed by atoms with van der Waals surface area (Å²) in [5.74, 6) is 0.243. The van der Waals surface area contributed by atoms with E-state index in [9.17, 15) is 4.79 Å². The van der Waals surface area contributed by atoms with Gasteiger partial charge in [-0.3, -0.25) is 9.69 Å². The van der Waals surface area contributed by atoms with Gasteiger partial charge in [0.1, 0.15) is 12.0 Å². The SMILES string of the molecule is CN1CC(c2ccccc2)C2(C1)CN1CCCCC1COC2=O. The molecule has 0 N–H and O–H groups in total. The van der Waals surface area contributed by atoms with E-state index in [0.29, 0.717) is 12.6 Å². The van der Waals surface area contributed by atoms with E-state index >= 15 is 0 Å². The number of likely N-dealkylation sites (tertiary alicyclic amines) is 1.